The first-order chi connectivity index (χ1) is 10.4. The van der Waals surface area contributed by atoms with Crippen molar-refractivity contribution >= 4 is 32.6 Å². The number of hydrogen-bond acceptors (Lipinski definition) is 5. The van der Waals surface area contributed by atoms with Crippen molar-refractivity contribution in [2.75, 3.05) is 24.2 Å². The van der Waals surface area contributed by atoms with Gasteiger partial charge in [-0.1, -0.05) is 0 Å². The van der Waals surface area contributed by atoms with E-state index in [1.807, 2.05) is 0 Å². The fourth-order valence-electron chi connectivity index (χ4n) is 1.99. The highest BCUT2D eigenvalue weighted by molar-refractivity contribution is 7.92. The van der Waals surface area contributed by atoms with Crippen molar-refractivity contribution in [3.63, 3.8) is 0 Å². The van der Waals surface area contributed by atoms with E-state index in [0.717, 1.165) is 0 Å². The number of ether oxygens (including phenoxy) is 2. The minimum Gasteiger partial charge on any atom is -0.497 e. The summed E-state index contributed by atoms with van der Waals surface area (Å²) in [6.45, 7) is 3.39. The Morgan fingerprint density at radius 2 is 2.05 bits per heavy atom. The summed E-state index contributed by atoms with van der Waals surface area (Å²) in [7, 11) is -2.03. The first kappa shape index (κ1) is 16.2. The maximum atomic E-state index is 12.0. The first-order valence-corrected chi connectivity index (χ1v) is 8.44. The highest BCUT2D eigenvalue weighted by atomic mass is 32.2. The van der Waals surface area contributed by atoms with E-state index in [2.05, 4.69) is 9.71 Å². The van der Waals surface area contributed by atoms with Crippen molar-refractivity contribution in [3.05, 3.63) is 23.9 Å². The average molecular weight is 326 g/mol. The number of methoxy groups -OCH3 is 1. The van der Waals surface area contributed by atoms with Crippen LogP contribution >= 0.6 is 0 Å². The van der Waals surface area contributed by atoms with Gasteiger partial charge in [0, 0.05) is 10.9 Å². The number of esters is 1. The first-order valence-electron chi connectivity index (χ1n) is 6.79. The van der Waals surface area contributed by atoms with Crippen molar-refractivity contribution in [1.82, 2.24) is 4.98 Å². The van der Waals surface area contributed by atoms with Gasteiger partial charge in [-0.3, -0.25) is 4.72 Å². The van der Waals surface area contributed by atoms with Gasteiger partial charge in [-0.15, -0.1) is 0 Å². The minimum absolute atomic E-state index is 0.0714. The third-order valence-corrected chi connectivity index (χ3v) is 4.40. The monoisotopic (exact) mass is 326 g/mol. The Bertz CT molecular complexity index is 795. The highest BCUT2D eigenvalue weighted by Gasteiger charge is 2.22. The molecule has 0 fully saturated rings. The zero-order chi connectivity index (χ0) is 16.3. The Balaban J connectivity index is 2.64. The number of aromatic nitrogens is 1. The number of H-pyrrole nitrogens is 1. The Hall–Kier alpha value is -2.22. The van der Waals surface area contributed by atoms with Gasteiger partial charge >= 0.3 is 5.97 Å². The zero-order valence-electron chi connectivity index (χ0n) is 12.6. The molecule has 1 aromatic heterocycles. The molecule has 0 spiro atoms. The van der Waals surface area contributed by atoms with Gasteiger partial charge in [0.15, 0.2) is 5.69 Å². The molecule has 0 bridgehead atoms. The summed E-state index contributed by atoms with van der Waals surface area (Å²) < 4.78 is 36.3. The van der Waals surface area contributed by atoms with Gasteiger partial charge in [0.25, 0.3) is 0 Å². The topological polar surface area (TPSA) is 97.5 Å². The van der Waals surface area contributed by atoms with Crippen LogP contribution in [0.25, 0.3) is 10.9 Å². The molecule has 0 saturated carbocycles. The number of hydrogen-bond donors (Lipinski definition) is 2. The normalized spacial score (nSPS) is 11.4. The summed E-state index contributed by atoms with van der Waals surface area (Å²) in [5.41, 5.74) is 0.856. The second kappa shape index (κ2) is 6.27. The van der Waals surface area contributed by atoms with E-state index in [0.29, 0.717) is 16.7 Å². The Kier molecular flexibility index (Phi) is 4.60. The lowest BCUT2D eigenvalue weighted by Gasteiger charge is -2.08. The second-order valence-corrected chi connectivity index (χ2v) is 6.52. The molecule has 0 amide bonds. The van der Waals surface area contributed by atoms with Gasteiger partial charge in [-0.05, 0) is 32.0 Å². The minimum atomic E-state index is -3.54. The number of rotatable bonds is 6. The van der Waals surface area contributed by atoms with Gasteiger partial charge in [0.2, 0.25) is 10.0 Å². The summed E-state index contributed by atoms with van der Waals surface area (Å²) in [5.74, 6) is -0.170. The van der Waals surface area contributed by atoms with Crippen LogP contribution in [0, 0.1) is 0 Å². The van der Waals surface area contributed by atoms with Crippen LogP contribution in [0.3, 0.4) is 0 Å². The molecule has 2 N–H and O–H groups in total. The molecular formula is C14H18N2O5S. The van der Waals surface area contributed by atoms with Crippen molar-refractivity contribution in [2.24, 2.45) is 0 Å². The molecule has 0 aliphatic rings. The molecule has 2 aromatic rings. The van der Waals surface area contributed by atoms with Gasteiger partial charge in [-0.25, -0.2) is 13.2 Å². The maximum absolute atomic E-state index is 12.0. The standard InChI is InChI=1S/C14H18N2O5S/c1-4-21-14(17)13-12(16-22(18,19)5-2)10-8-9(20-3)6-7-11(10)15-13/h6-8,15-16H,4-5H2,1-3H3. The molecule has 0 aliphatic carbocycles. The third kappa shape index (κ3) is 3.16. The molecule has 1 aromatic carbocycles. The van der Waals surface area contributed by atoms with Crippen LogP contribution in [0.5, 0.6) is 5.75 Å². The van der Waals surface area contributed by atoms with E-state index < -0.39 is 16.0 Å². The Labute approximate surface area is 128 Å². The van der Waals surface area contributed by atoms with Gasteiger partial charge in [0.05, 0.1) is 25.2 Å². The molecule has 0 saturated heterocycles. The lowest BCUT2D eigenvalue weighted by atomic mass is 10.2. The molecule has 120 valence electrons. The van der Waals surface area contributed by atoms with Crippen molar-refractivity contribution in [2.45, 2.75) is 13.8 Å². The lowest BCUT2D eigenvalue weighted by molar-refractivity contribution is 0.0522. The number of sulfonamides is 1. The fourth-order valence-corrected chi connectivity index (χ4v) is 2.66. The fraction of sp³-hybridized carbons (Fsp3) is 0.357. The SMILES string of the molecule is CCOC(=O)c1[nH]c2ccc(OC)cc2c1NS(=O)(=O)CC. The summed E-state index contributed by atoms with van der Waals surface area (Å²) in [6.07, 6.45) is 0. The summed E-state index contributed by atoms with van der Waals surface area (Å²) in [4.78, 5) is 14.9. The molecule has 8 heteroatoms. The number of carbonyl (C=O) groups is 1. The Morgan fingerprint density at radius 1 is 1.32 bits per heavy atom. The van der Waals surface area contributed by atoms with Crippen molar-refractivity contribution in [3.8, 4) is 5.75 Å². The largest absolute Gasteiger partial charge is 0.497 e. The molecular weight excluding hydrogens is 308 g/mol. The maximum Gasteiger partial charge on any atom is 0.356 e. The predicted octanol–water partition coefficient (Wildman–Crippen LogP) is 2.11. The predicted molar refractivity (Wildman–Crippen MR) is 83.9 cm³/mol. The third-order valence-electron chi connectivity index (χ3n) is 3.12. The highest BCUT2D eigenvalue weighted by Crippen LogP contribution is 2.32. The molecule has 22 heavy (non-hydrogen) atoms. The van der Waals surface area contributed by atoms with Crippen molar-refractivity contribution < 1.29 is 22.7 Å². The molecule has 0 aliphatic heterocycles. The van der Waals surface area contributed by atoms with E-state index in [4.69, 9.17) is 9.47 Å². The quantitative estimate of drug-likeness (QED) is 0.792. The van der Waals surface area contributed by atoms with Gasteiger partial charge in [-0.2, -0.15) is 0 Å². The Morgan fingerprint density at radius 3 is 2.64 bits per heavy atom. The molecule has 0 unspecified atom stereocenters. The van der Waals surface area contributed by atoms with Crippen LogP contribution in [-0.2, 0) is 14.8 Å². The van der Waals surface area contributed by atoms with Crippen LogP contribution in [0.2, 0.25) is 0 Å². The molecule has 7 nitrogen and oxygen atoms in total. The van der Waals surface area contributed by atoms with E-state index >= 15 is 0 Å². The number of benzene rings is 1. The zero-order valence-corrected chi connectivity index (χ0v) is 13.4. The number of fused-ring (bicyclic) bond motifs is 1. The van der Waals surface area contributed by atoms with Crippen LogP contribution < -0.4 is 9.46 Å². The summed E-state index contributed by atoms with van der Waals surface area (Å²) >= 11 is 0. The number of nitrogens with one attached hydrogen (secondary N) is 2. The molecule has 2 rings (SSSR count). The van der Waals surface area contributed by atoms with Crippen LogP contribution in [0.15, 0.2) is 18.2 Å². The number of aromatic amines is 1. The van der Waals surface area contributed by atoms with E-state index in [-0.39, 0.29) is 23.7 Å². The second-order valence-electron chi connectivity index (χ2n) is 4.51. The van der Waals surface area contributed by atoms with Crippen LogP contribution in [-0.4, -0.2) is 38.8 Å². The van der Waals surface area contributed by atoms with Crippen molar-refractivity contribution in [1.29, 1.82) is 0 Å². The van der Waals surface area contributed by atoms with E-state index in [1.54, 1.807) is 25.1 Å². The lowest BCUT2D eigenvalue weighted by Crippen LogP contribution is -2.17. The molecule has 0 radical (unpaired) electrons. The molecule has 1 heterocycles. The van der Waals surface area contributed by atoms with Gasteiger partial charge < -0.3 is 14.5 Å². The van der Waals surface area contributed by atoms with Crippen LogP contribution in [0.4, 0.5) is 5.69 Å². The van der Waals surface area contributed by atoms with E-state index in [1.165, 1.54) is 14.0 Å². The number of anilines is 1. The van der Waals surface area contributed by atoms with Crippen LogP contribution in [0.1, 0.15) is 24.3 Å². The smallest absolute Gasteiger partial charge is 0.356 e. The summed E-state index contributed by atoms with van der Waals surface area (Å²) in [6, 6.07) is 5.08. The average Bonchev–Trinajstić information content (AvgIpc) is 2.85. The summed E-state index contributed by atoms with van der Waals surface area (Å²) in [5, 5.41) is 0.541. The number of carbonyl (C=O) groups excluding carboxylic acids is 1. The van der Waals surface area contributed by atoms with Gasteiger partial charge in [0.1, 0.15) is 5.75 Å². The molecule has 0 atom stereocenters. The van der Waals surface area contributed by atoms with E-state index in [9.17, 15) is 13.2 Å².